The van der Waals surface area contributed by atoms with Crippen molar-refractivity contribution in [1.29, 1.82) is 0 Å². The lowest BCUT2D eigenvalue weighted by Gasteiger charge is -2.26. The van der Waals surface area contributed by atoms with E-state index in [9.17, 15) is 4.79 Å². The van der Waals surface area contributed by atoms with Crippen molar-refractivity contribution in [2.45, 2.75) is 6.42 Å². The van der Waals surface area contributed by atoms with Crippen LogP contribution in [0.25, 0.3) is 0 Å². The van der Waals surface area contributed by atoms with E-state index in [0.29, 0.717) is 19.6 Å². The Bertz CT molecular complexity index is 318. The lowest BCUT2D eigenvalue weighted by molar-refractivity contribution is -0.134. The molecule has 79 valence electrons. The molecule has 1 aliphatic rings. The number of carbonyl (C=O) groups is 1. The SMILES string of the molecule is O=C(Cc1cc[c]cc1)N1CCOCC1. The van der Waals surface area contributed by atoms with Crippen molar-refractivity contribution in [3.63, 3.8) is 0 Å². The summed E-state index contributed by atoms with van der Waals surface area (Å²) in [6.45, 7) is 2.76. The van der Waals surface area contributed by atoms with Gasteiger partial charge in [0.05, 0.1) is 19.6 Å². The van der Waals surface area contributed by atoms with Gasteiger partial charge in [0.1, 0.15) is 0 Å². The highest BCUT2D eigenvalue weighted by Gasteiger charge is 2.16. The maximum absolute atomic E-state index is 11.8. The third kappa shape index (κ3) is 2.80. The summed E-state index contributed by atoms with van der Waals surface area (Å²) in [6.07, 6.45) is 0.481. The Hall–Kier alpha value is -1.35. The highest BCUT2D eigenvalue weighted by Crippen LogP contribution is 2.04. The largest absolute Gasteiger partial charge is 0.378 e. The van der Waals surface area contributed by atoms with E-state index in [1.54, 1.807) is 0 Å². The molecule has 1 aromatic carbocycles. The minimum atomic E-state index is 0.185. The number of carbonyl (C=O) groups excluding carboxylic acids is 1. The summed E-state index contributed by atoms with van der Waals surface area (Å²) in [4.78, 5) is 13.7. The van der Waals surface area contributed by atoms with E-state index >= 15 is 0 Å². The molecule has 1 saturated heterocycles. The molecule has 1 amide bonds. The van der Waals surface area contributed by atoms with E-state index in [4.69, 9.17) is 4.74 Å². The first-order chi connectivity index (χ1) is 7.36. The molecule has 0 bridgehead atoms. The van der Waals surface area contributed by atoms with E-state index in [2.05, 4.69) is 6.07 Å². The molecule has 1 radical (unpaired) electrons. The van der Waals surface area contributed by atoms with Crippen molar-refractivity contribution in [3.05, 3.63) is 35.9 Å². The van der Waals surface area contributed by atoms with Gasteiger partial charge in [-0.2, -0.15) is 0 Å². The van der Waals surface area contributed by atoms with Crippen molar-refractivity contribution in [3.8, 4) is 0 Å². The van der Waals surface area contributed by atoms with Crippen LogP contribution in [0.15, 0.2) is 24.3 Å². The molecule has 1 aliphatic heterocycles. The lowest BCUT2D eigenvalue weighted by atomic mass is 10.1. The van der Waals surface area contributed by atoms with Crippen molar-refractivity contribution < 1.29 is 9.53 Å². The van der Waals surface area contributed by atoms with Crippen LogP contribution in [0, 0.1) is 6.07 Å². The van der Waals surface area contributed by atoms with Gasteiger partial charge in [-0.1, -0.05) is 24.3 Å². The Morgan fingerprint density at radius 1 is 1.33 bits per heavy atom. The van der Waals surface area contributed by atoms with Crippen LogP contribution in [0.3, 0.4) is 0 Å². The Morgan fingerprint density at radius 2 is 2.00 bits per heavy atom. The summed E-state index contributed by atoms with van der Waals surface area (Å²) in [5.41, 5.74) is 1.05. The zero-order valence-electron chi connectivity index (χ0n) is 8.61. The number of benzene rings is 1. The molecule has 15 heavy (non-hydrogen) atoms. The van der Waals surface area contributed by atoms with E-state index in [1.165, 1.54) is 0 Å². The molecule has 1 heterocycles. The third-order valence-electron chi connectivity index (χ3n) is 2.51. The van der Waals surface area contributed by atoms with Crippen molar-refractivity contribution in [1.82, 2.24) is 4.90 Å². The fourth-order valence-electron chi connectivity index (χ4n) is 1.64. The second-order valence-corrected chi connectivity index (χ2v) is 3.58. The Balaban J connectivity index is 1.91. The maximum Gasteiger partial charge on any atom is 0.227 e. The van der Waals surface area contributed by atoms with Crippen molar-refractivity contribution in [2.24, 2.45) is 0 Å². The molecule has 0 unspecified atom stereocenters. The summed E-state index contributed by atoms with van der Waals surface area (Å²) in [6, 6.07) is 10.5. The topological polar surface area (TPSA) is 29.5 Å². The highest BCUT2D eigenvalue weighted by molar-refractivity contribution is 5.78. The predicted molar refractivity (Wildman–Crippen MR) is 56.4 cm³/mol. The first-order valence-electron chi connectivity index (χ1n) is 5.17. The molecule has 3 heteroatoms. The number of morpholine rings is 1. The zero-order chi connectivity index (χ0) is 10.5. The predicted octanol–water partition coefficient (Wildman–Crippen LogP) is 0.888. The number of hydrogen-bond acceptors (Lipinski definition) is 2. The third-order valence-corrected chi connectivity index (χ3v) is 2.51. The number of rotatable bonds is 2. The fourth-order valence-corrected chi connectivity index (χ4v) is 1.64. The molecule has 1 aromatic rings. The Morgan fingerprint density at radius 3 is 2.67 bits per heavy atom. The van der Waals surface area contributed by atoms with E-state index in [-0.39, 0.29) is 5.91 Å². The van der Waals surface area contributed by atoms with Gasteiger partial charge < -0.3 is 9.64 Å². The summed E-state index contributed by atoms with van der Waals surface area (Å²) < 4.78 is 5.20. The van der Waals surface area contributed by atoms with Crippen molar-refractivity contribution >= 4 is 5.91 Å². The summed E-state index contributed by atoms with van der Waals surface area (Å²) in [5.74, 6) is 0.185. The van der Waals surface area contributed by atoms with Crippen LogP contribution >= 0.6 is 0 Å². The molecule has 1 fully saturated rings. The fraction of sp³-hybridized carbons (Fsp3) is 0.417. The monoisotopic (exact) mass is 204 g/mol. The van der Waals surface area contributed by atoms with E-state index < -0.39 is 0 Å². The molecular formula is C12H14NO2. The second kappa shape index (κ2) is 4.94. The van der Waals surface area contributed by atoms with Crippen molar-refractivity contribution in [2.75, 3.05) is 26.3 Å². The van der Waals surface area contributed by atoms with Crippen LogP contribution in [0.4, 0.5) is 0 Å². The average Bonchev–Trinajstić information content (AvgIpc) is 2.31. The van der Waals surface area contributed by atoms with Crippen LogP contribution < -0.4 is 0 Å². The second-order valence-electron chi connectivity index (χ2n) is 3.58. The Labute approximate surface area is 89.7 Å². The minimum absolute atomic E-state index is 0.185. The molecule has 0 N–H and O–H groups in total. The van der Waals surface area contributed by atoms with Crippen LogP contribution in [-0.4, -0.2) is 37.1 Å². The molecule has 0 atom stereocenters. The minimum Gasteiger partial charge on any atom is -0.378 e. The summed E-state index contributed by atoms with van der Waals surface area (Å²) in [5, 5.41) is 0. The van der Waals surface area contributed by atoms with E-state index in [1.807, 2.05) is 29.2 Å². The normalized spacial score (nSPS) is 16.4. The van der Waals surface area contributed by atoms with Crippen LogP contribution in [0.5, 0.6) is 0 Å². The molecule has 0 saturated carbocycles. The highest BCUT2D eigenvalue weighted by atomic mass is 16.5. The molecule has 0 aromatic heterocycles. The molecule has 2 rings (SSSR count). The van der Waals surface area contributed by atoms with Gasteiger partial charge in [-0.05, 0) is 11.6 Å². The smallest absolute Gasteiger partial charge is 0.227 e. The van der Waals surface area contributed by atoms with Gasteiger partial charge in [0.15, 0.2) is 0 Å². The zero-order valence-corrected chi connectivity index (χ0v) is 8.61. The van der Waals surface area contributed by atoms with Crippen LogP contribution in [0.1, 0.15) is 5.56 Å². The van der Waals surface area contributed by atoms with Gasteiger partial charge in [0.2, 0.25) is 5.91 Å². The average molecular weight is 204 g/mol. The van der Waals surface area contributed by atoms with E-state index in [0.717, 1.165) is 18.7 Å². The maximum atomic E-state index is 11.8. The van der Waals surface area contributed by atoms with Gasteiger partial charge in [0, 0.05) is 13.1 Å². The molecule has 0 aliphatic carbocycles. The first-order valence-corrected chi connectivity index (χ1v) is 5.17. The molecule has 0 spiro atoms. The van der Waals surface area contributed by atoms with Gasteiger partial charge in [-0.25, -0.2) is 0 Å². The number of hydrogen-bond donors (Lipinski definition) is 0. The lowest BCUT2D eigenvalue weighted by Crippen LogP contribution is -2.41. The van der Waals surface area contributed by atoms with Gasteiger partial charge >= 0.3 is 0 Å². The van der Waals surface area contributed by atoms with Gasteiger partial charge in [-0.15, -0.1) is 0 Å². The first kappa shape index (κ1) is 10.2. The number of nitrogens with zero attached hydrogens (tertiary/aromatic N) is 1. The van der Waals surface area contributed by atoms with Crippen LogP contribution in [0.2, 0.25) is 0 Å². The number of amides is 1. The van der Waals surface area contributed by atoms with Crippen LogP contribution in [-0.2, 0) is 16.0 Å². The standard InChI is InChI=1S/C12H14NO2/c14-12(13-6-8-15-9-7-13)10-11-4-2-1-3-5-11/h2-5H,6-10H2. The summed E-state index contributed by atoms with van der Waals surface area (Å²) in [7, 11) is 0. The molecular weight excluding hydrogens is 190 g/mol. The number of ether oxygens (including phenoxy) is 1. The Kier molecular flexibility index (Phi) is 3.35. The molecule has 3 nitrogen and oxygen atoms in total. The quantitative estimate of drug-likeness (QED) is 0.716. The van der Waals surface area contributed by atoms with Gasteiger partial charge in [0.25, 0.3) is 0 Å². The summed E-state index contributed by atoms with van der Waals surface area (Å²) >= 11 is 0. The van der Waals surface area contributed by atoms with Gasteiger partial charge in [-0.3, -0.25) is 4.79 Å².